The molecule has 0 spiro atoms. The minimum atomic E-state index is -0.959. The molecule has 1 unspecified atom stereocenters. The Balaban J connectivity index is 1.96. The molecule has 1 aromatic heterocycles. The first-order valence-corrected chi connectivity index (χ1v) is 9.04. The summed E-state index contributed by atoms with van der Waals surface area (Å²) in [5.41, 5.74) is 1.18. The Morgan fingerprint density at radius 3 is 2.52 bits per heavy atom. The molecule has 1 aromatic rings. The third-order valence-electron chi connectivity index (χ3n) is 4.90. The largest absolute Gasteiger partial charge is 0.481 e. The van der Waals surface area contributed by atoms with Crippen LogP contribution < -0.4 is 0 Å². The molecule has 3 heterocycles. The van der Waals surface area contributed by atoms with Gasteiger partial charge in [-0.1, -0.05) is 0 Å². The van der Waals surface area contributed by atoms with Crippen LogP contribution in [-0.4, -0.2) is 67.9 Å². The highest BCUT2D eigenvalue weighted by molar-refractivity contribution is 5.95. The molecule has 0 saturated heterocycles. The summed E-state index contributed by atoms with van der Waals surface area (Å²) >= 11 is 0. The number of carbonyl (C=O) groups excluding carboxylic acids is 2. The van der Waals surface area contributed by atoms with E-state index in [0.29, 0.717) is 17.7 Å². The third kappa shape index (κ3) is 3.63. The number of hydrogen-bond acceptors (Lipinski definition) is 5. The topological polar surface area (TPSA) is 105 Å². The van der Waals surface area contributed by atoms with Crippen LogP contribution >= 0.6 is 0 Å². The van der Waals surface area contributed by atoms with Gasteiger partial charge in [-0.05, 0) is 27.7 Å². The van der Waals surface area contributed by atoms with Gasteiger partial charge in [0.05, 0.1) is 24.7 Å². The molecule has 148 valence electrons. The smallest absolute Gasteiger partial charge is 0.410 e. The van der Waals surface area contributed by atoms with Gasteiger partial charge < -0.3 is 19.6 Å². The second kappa shape index (κ2) is 6.54. The Hall–Kier alpha value is -2.58. The Morgan fingerprint density at radius 2 is 1.93 bits per heavy atom. The quantitative estimate of drug-likeness (QED) is 0.791. The highest BCUT2D eigenvalue weighted by Crippen LogP contribution is 2.30. The molecule has 27 heavy (non-hydrogen) atoms. The molecule has 0 fully saturated rings. The van der Waals surface area contributed by atoms with Gasteiger partial charge in [0.1, 0.15) is 11.3 Å². The molecular formula is C18H26N4O5. The summed E-state index contributed by atoms with van der Waals surface area (Å²) in [6.45, 7) is 7.81. The number of hydrogen-bond donors (Lipinski definition) is 1. The molecule has 1 N–H and O–H groups in total. The van der Waals surface area contributed by atoms with Crippen molar-refractivity contribution >= 4 is 18.0 Å². The van der Waals surface area contributed by atoms with Gasteiger partial charge in [0.2, 0.25) is 0 Å². The molecule has 0 saturated carbocycles. The van der Waals surface area contributed by atoms with E-state index < -0.39 is 23.6 Å². The molecule has 2 atom stereocenters. The highest BCUT2D eigenvalue weighted by atomic mass is 16.6. The van der Waals surface area contributed by atoms with E-state index in [1.165, 1.54) is 9.58 Å². The van der Waals surface area contributed by atoms with E-state index in [4.69, 9.17) is 4.74 Å². The van der Waals surface area contributed by atoms with Gasteiger partial charge in [-0.25, -0.2) is 4.79 Å². The van der Waals surface area contributed by atoms with Crippen molar-refractivity contribution in [1.82, 2.24) is 19.6 Å². The van der Waals surface area contributed by atoms with Crippen LogP contribution in [0.2, 0.25) is 0 Å². The van der Waals surface area contributed by atoms with E-state index in [0.717, 1.165) is 5.69 Å². The maximum absolute atomic E-state index is 12.9. The lowest BCUT2D eigenvalue weighted by molar-refractivity contribution is -0.142. The molecule has 9 heteroatoms. The van der Waals surface area contributed by atoms with E-state index in [9.17, 15) is 19.5 Å². The molecule has 0 radical (unpaired) electrons. The van der Waals surface area contributed by atoms with Crippen molar-refractivity contribution in [2.75, 3.05) is 13.6 Å². The SMILES string of the molecule is C[C@@H]1Cc2nn3c(c2CN1C(=O)OC(C)(C)C)C(=O)N(C)CC(C(=O)O)C3. The zero-order valence-corrected chi connectivity index (χ0v) is 16.4. The lowest BCUT2D eigenvalue weighted by Crippen LogP contribution is -2.45. The average Bonchev–Trinajstić information content (AvgIpc) is 2.81. The minimum Gasteiger partial charge on any atom is -0.481 e. The van der Waals surface area contributed by atoms with Gasteiger partial charge in [-0.3, -0.25) is 14.3 Å². The molecule has 2 amide bonds. The number of aromatic nitrogens is 2. The van der Waals surface area contributed by atoms with E-state index in [1.807, 2.05) is 6.92 Å². The average molecular weight is 378 g/mol. The molecule has 2 aliphatic rings. The lowest BCUT2D eigenvalue weighted by atomic mass is 9.99. The predicted octanol–water partition coefficient (Wildman–Crippen LogP) is 1.35. The van der Waals surface area contributed by atoms with Crippen LogP contribution in [0.1, 0.15) is 49.4 Å². The van der Waals surface area contributed by atoms with Crippen LogP contribution in [0.15, 0.2) is 0 Å². The monoisotopic (exact) mass is 378 g/mol. The van der Waals surface area contributed by atoms with E-state index >= 15 is 0 Å². The molecular weight excluding hydrogens is 352 g/mol. The fourth-order valence-corrected chi connectivity index (χ4v) is 3.55. The van der Waals surface area contributed by atoms with Gasteiger partial charge in [0, 0.05) is 31.6 Å². The second-order valence-corrected chi connectivity index (χ2v) is 8.34. The van der Waals surface area contributed by atoms with Crippen molar-refractivity contribution in [3.8, 4) is 0 Å². The number of amides is 2. The van der Waals surface area contributed by atoms with Gasteiger partial charge in [0.15, 0.2) is 0 Å². The van der Waals surface area contributed by atoms with Crippen LogP contribution in [0.25, 0.3) is 0 Å². The summed E-state index contributed by atoms with van der Waals surface area (Å²) in [6.07, 6.45) is 0.0574. The third-order valence-corrected chi connectivity index (χ3v) is 4.90. The summed E-state index contributed by atoms with van der Waals surface area (Å²) in [4.78, 5) is 39.9. The number of ether oxygens (including phenoxy) is 1. The number of rotatable bonds is 1. The Labute approximate surface area is 157 Å². The molecule has 0 aliphatic carbocycles. The van der Waals surface area contributed by atoms with Crippen LogP contribution in [0.5, 0.6) is 0 Å². The zero-order valence-electron chi connectivity index (χ0n) is 16.4. The zero-order chi connectivity index (χ0) is 20.1. The molecule has 9 nitrogen and oxygen atoms in total. The van der Waals surface area contributed by atoms with E-state index in [2.05, 4.69) is 5.10 Å². The van der Waals surface area contributed by atoms with E-state index in [1.54, 1.807) is 32.7 Å². The molecule has 0 aromatic carbocycles. The summed E-state index contributed by atoms with van der Waals surface area (Å²) in [7, 11) is 1.59. The van der Waals surface area contributed by atoms with Gasteiger partial charge >= 0.3 is 12.1 Å². The number of carbonyl (C=O) groups is 3. The van der Waals surface area contributed by atoms with Crippen LogP contribution in [-0.2, 0) is 29.0 Å². The number of fused-ring (bicyclic) bond motifs is 3. The first-order valence-electron chi connectivity index (χ1n) is 9.04. The summed E-state index contributed by atoms with van der Waals surface area (Å²) in [5.74, 6) is -1.95. The highest BCUT2D eigenvalue weighted by Gasteiger charge is 2.39. The second-order valence-electron chi connectivity index (χ2n) is 8.34. The summed E-state index contributed by atoms with van der Waals surface area (Å²) < 4.78 is 6.99. The van der Waals surface area contributed by atoms with Gasteiger partial charge in [-0.15, -0.1) is 0 Å². The first-order chi connectivity index (χ1) is 12.5. The van der Waals surface area contributed by atoms with Gasteiger partial charge in [-0.2, -0.15) is 5.10 Å². The standard InChI is InChI=1S/C18H26N4O5/c1-10-6-13-12(9-21(10)17(26)27-18(2,3)4)14-15(23)20(5)7-11(16(24)25)8-22(14)19-13/h10-11H,6-9H2,1-5H3,(H,24,25)/t10-,11?/m1/s1. The molecule has 2 aliphatic heterocycles. The molecule has 3 rings (SSSR count). The van der Waals surface area contributed by atoms with Gasteiger partial charge in [0.25, 0.3) is 5.91 Å². The summed E-state index contributed by atoms with van der Waals surface area (Å²) in [5, 5.41) is 13.9. The van der Waals surface area contributed by atoms with Crippen molar-refractivity contribution < 1.29 is 24.2 Å². The summed E-state index contributed by atoms with van der Waals surface area (Å²) in [6, 6.07) is -0.130. The number of carboxylic acid groups (broad SMARTS) is 1. The van der Waals surface area contributed by atoms with Crippen LogP contribution in [0, 0.1) is 5.92 Å². The van der Waals surface area contributed by atoms with Crippen molar-refractivity contribution in [3.05, 3.63) is 17.0 Å². The first kappa shape index (κ1) is 19.2. The maximum atomic E-state index is 12.9. The Kier molecular flexibility index (Phi) is 4.65. The van der Waals surface area contributed by atoms with Crippen LogP contribution in [0.4, 0.5) is 4.79 Å². The Morgan fingerprint density at radius 1 is 1.26 bits per heavy atom. The van der Waals surface area contributed by atoms with Crippen molar-refractivity contribution in [1.29, 1.82) is 0 Å². The normalized spacial score (nSPS) is 22.8. The maximum Gasteiger partial charge on any atom is 0.410 e. The Bertz CT molecular complexity index is 794. The van der Waals surface area contributed by atoms with E-state index in [-0.39, 0.29) is 31.6 Å². The number of nitrogens with zero attached hydrogens (tertiary/aromatic N) is 4. The lowest BCUT2D eigenvalue weighted by Gasteiger charge is -2.34. The molecule has 0 bridgehead atoms. The fourth-order valence-electron chi connectivity index (χ4n) is 3.55. The predicted molar refractivity (Wildman–Crippen MR) is 95.3 cm³/mol. The van der Waals surface area contributed by atoms with Crippen molar-refractivity contribution in [2.45, 2.75) is 58.8 Å². The minimum absolute atomic E-state index is 0.123. The van der Waals surface area contributed by atoms with Crippen LogP contribution in [0.3, 0.4) is 0 Å². The fraction of sp³-hybridized carbons (Fsp3) is 0.667. The number of carboxylic acids is 1. The van der Waals surface area contributed by atoms with Crippen molar-refractivity contribution in [3.63, 3.8) is 0 Å². The van der Waals surface area contributed by atoms with Crippen molar-refractivity contribution in [2.24, 2.45) is 5.92 Å². The number of aliphatic carboxylic acids is 1.